The second-order valence-electron chi connectivity index (χ2n) is 5.85. The van der Waals surface area contributed by atoms with Crippen molar-refractivity contribution in [3.8, 4) is 5.75 Å². The summed E-state index contributed by atoms with van der Waals surface area (Å²) in [6, 6.07) is 5.44. The van der Waals surface area contributed by atoms with Gasteiger partial charge in [-0.15, -0.1) is 0 Å². The number of benzene rings is 1. The van der Waals surface area contributed by atoms with E-state index in [4.69, 9.17) is 4.74 Å². The molecule has 4 heteroatoms. The summed E-state index contributed by atoms with van der Waals surface area (Å²) in [5.74, 6) is 1.05. The Kier molecular flexibility index (Phi) is 4.65. The Hall–Kier alpha value is -1.55. The first-order valence-corrected chi connectivity index (χ1v) is 7.18. The molecule has 2 unspecified atom stereocenters. The van der Waals surface area contributed by atoms with Gasteiger partial charge < -0.3 is 15.2 Å². The third-order valence-corrected chi connectivity index (χ3v) is 3.56. The Morgan fingerprint density at radius 2 is 2.25 bits per heavy atom. The Labute approximate surface area is 120 Å². The topological polar surface area (TPSA) is 58.6 Å². The molecule has 0 fully saturated rings. The fourth-order valence-corrected chi connectivity index (χ4v) is 2.56. The molecular formula is C16H23NO3. The number of carbonyl (C=O) groups is 1. The average Bonchev–Trinajstić information content (AvgIpc) is 2.51. The van der Waals surface area contributed by atoms with Crippen molar-refractivity contribution in [2.24, 2.45) is 5.92 Å². The molecule has 0 bridgehead atoms. The first-order valence-electron chi connectivity index (χ1n) is 7.18. The van der Waals surface area contributed by atoms with Crippen molar-refractivity contribution in [3.63, 3.8) is 0 Å². The summed E-state index contributed by atoms with van der Waals surface area (Å²) in [6.45, 7) is 6.47. The second kappa shape index (κ2) is 6.27. The quantitative estimate of drug-likeness (QED) is 0.891. The predicted molar refractivity (Wildman–Crippen MR) is 77.6 cm³/mol. The minimum absolute atomic E-state index is 0.0137. The highest BCUT2D eigenvalue weighted by atomic mass is 16.5. The summed E-state index contributed by atoms with van der Waals surface area (Å²) in [7, 11) is 0. The summed E-state index contributed by atoms with van der Waals surface area (Å²) in [5.41, 5.74) is 1.77. The van der Waals surface area contributed by atoms with Gasteiger partial charge in [-0.3, -0.25) is 4.79 Å². The standard InChI is InChI=1S/C16H23NO3/c1-10(2)9-14(18)17-13-7-8-20-16-11(3)5-4-6-12(16)15(13)19/h4-6,10,13,15,19H,7-9H2,1-3H3,(H,17,18). The molecule has 20 heavy (non-hydrogen) atoms. The van der Waals surface area contributed by atoms with Gasteiger partial charge in [0.1, 0.15) is 11.9 Å². The number of aliphatic hydroxyl groups excluding tert-OH is 1. The van der Waals surface area contributed by atoms with Gasteiger partial charge in [-0.25, -0.2) is 0 Å². The van der Waals surface area contributed by atoms with E-state index in [2.05, 4.69) is 5.32 Å². The van der Waals surface area contributed by atoms with Crippen LogP contribution in [-0.4, -0.2) is 23.7 Å². The minimum atomic E-state index is -0.719. The number of rotatable bonds is 3. The van der Waals surface area contributed by atoms with Gasteiger partial charge in [0.2, 0.25) is 5.91 Å². The van der Waals surface area contributed by atoms with Crippen molar-refractivity contribution < 1.29 is 14.6 Å². The van der Waals surface area contributed by atoms with Crippen LogP contribution in [-0.2, 0) is 4.79 Å². The number of amides is 1. The van der Waals surface area contributed by atoms with Crippen LogP contribution in [0.2, 0.25) is 0 Å². The summed E-state index contributed by atoms with van der Waals surface area (Å²) >= 11 is 0. The molecule has 4 nitrogen and oxygen atoms in total. The van der Waals surface area contributed by atoms with Gasteiger partial charge in [-0.2, -0.15) is 0 Å². The Morgan fingerprint density at radius 1 is 1.50 bits per heavy atom. The lowest BCUT2D eigenvalue weighted by molar-refractivity contribution is -0.123. The van der Waals surface area contributed by atoms with E-state index < -0.39 is 6.10 Å². The van der Waals surface area contributed by atoms with Crippen LogP contribution in [0.5, 0.6) is 5.75 Å². The molecule has 1 aromatic rings. The molecule has 1 heterocycles. The van der Waals surface area contributed by atoms with Gasteiger partial charge in [0.15, 0.2) is 0 Å². The van der Waals surface area contributed by atoms with Crippen molar-refractivity contribution in [2.45, 2.75) is 45.8 Å². The number of aryl methyl sites for hydroxylation is 1. The molecule has 110 valence electrons. The number of hydrogen-bond acceptors (Lipinski definition) is 3. The number of nitrogens with one attached hydrogen (secondary N) is 1. The molecule has 2 N–H and O–H groups in total. The number of fused-ring (bicyclic) bond motifs is 1. The highest BCUT2D eigenvalue weighted by molar-refractivity contribution is 5.76. The molecule has 0 aliphatic carbocycles. The summed E-state index contributed by atoms with van der Waals surface area (Å²) in [5, 5.41) is 13.4. The number of hydrogen-bond donors (Lipinski definition) is 2. The number of para-hydroxylation sites is 1. The molecule has 0 radical (unpaired) electrons. The van der Waals surface area contributed by atoms with Gasteiger partial charge in [0.05, 0.1) is 12.6 Å². The van der Waals surface area contributed by atoms with E-state index in [1.807, 2.05) is 39.0 Å². The maximum atomic E-state index is 11.9. The van der Waals surface area contributed by atoms with Crippen molar-refractivity contribution >= 4 is 5.91 Å². The molecule has 1 amide bonds. The van der Waals surface area contributed by atoms with Crippen molar-refractivity contribution in [1.29, 1.82) is 0 Å². The van der Waals surface area contributed by atoms with Gasteiger partial charge in [0.25, 0.3) is 0 Å². The highest BCUT2D eigenvalue weighted by Crippen LogP contribution is 2.34. The largest absolute Gasteiger partial charge is 0.493 e. The van der Waals surface area contributed by atoms with Crippen LogP contribution in [0.15, 0.2) is 18.2 Å². The Bertz CT molecular complexity index is 485. The Morgan fingerprint density at radius 3 is 2.95 bits per heavy atom. The third-order valence-electron chi connectivity index (χ3n) is 3.56. The maximum absolute atomic E-state index is 11.9. The second-order valence-corrected chi connectivity index (χ2v) is 5.85. The lowest BCUT2D eigenvalue weighted by atomic mass is 9.98. The van der Waals surface area contributed by atoms with Gasteiger partial charge in [-0.1, -0.05) is 32.0 Å². The van der Waals surface area contributed by atoms with Gasteiger partial charge in [0, 0.05) is 18.4 Å². The number of aliphatic hydroxyl groups is 1. The maximum Gasteiger partial charge on any atom is 0.220 e. The van der Waals surface area contributed by atoms with Gasteiger partial charge in [-0.05, 0) is 18.4 Å². The number of ether oxygens (including phenoxy) is 1. The normalized spacial score (nSPS) is 21.9. The first-order chi connectivity index (χ1) is 9.49. The van der Waals surface area contributed by atoms with Crippen LogP contribution in [0.4, 0.5) is 0 Å². The zero-order valence-electron chi connectivity index (χ0n) is 12.3. The van der Waals surface area contributed by atoms with E-state index in [0.717, 1.165) is 16.9 Å². The smallest absolute Gasteiger partial charge is 0.220 e. The van der Waals surface area contributed by atoms with E-state index in [1.54, 1.807) is 0 Å². The van der Waals surface area contributed by atoms with E-state index in [0.29, 0.717) is 25.4 Å². The fourth-order valence-electron chi connectivity index (χ4n) is 2.56. The molecule has 0 aromatic heterocycles. The van der Waals surface area contributed by atoms with E-state index in [1.165, 1.54) is 0 Å². The monoisotopic (exact) mass is 277 g/mol. The average molecular weight is 277 g/mol. The zero-order valence-corrected chi connectivity index (χ0v) is 12.3. The summed E-state index contributed by atoms with van der Waals surface area (Å²) in [6.07, 6.45) is 0.368. The summed E-state index contributed by atoms with van der Waals surface area (Å²) < 4.78 is 5.73. The van der Waals surface area contributed by atoms with Crippen LogP contribution in [0.3, 0.4) is 0 Å². The molecule has 1 aromatic carbocycles. The molecule has 0 saturated heterocycles. The molecule has 2 rings (SSSR count). The molecule has 1 aliphatic rings. The summed E-state index contributed by atoms with van der Waals surface area (Å²) in [4.78, 5) is 11.9. The van der Waals surface area contributed by atoms with Crippen LogP contribution >= 0.6 is 0 Å². The SMILES string of the molecule is Cc1cccc2c1OCCC(NC(=O)CC(C)C)C2O. The van der Waals surface area contributed by atoms with Crippen LogP contribution in [0.25, 0.3) is 0 Å². The molecule has 0 saturated carbocycles. The van der Waals surface area contributed by atoms with E-state index in [-0.39, 0.29) is 11.9 Å². The van der Waals surface area contributed by atoms with Crippen molar-refractivity contribution in [1.82, 2.24) is 5.32 Å². The fraction of sp³-hybridized carbons (Fsp3) is 0.562. The highest BCUT2D eigenvalue weighted by Gasteiger charge is 2.28. The van der Waals surface area contributed by atoms with E-state index in [9.17, 15) is 9.90 Å². The zero-order chi connectivity index (χ0) is 14.7. The van der Waals surface area contributed by atoms with E-state index >= 15 is 0 Å². The minimum Gasteiger partial charge on any atom is -0.493 e. The predicted octanol–water partition coefficient (Wildman–Crippen LogP) is 2.34. The molecule has 2 atom stereocenters. The van der Waals surface area contributed by atoms with Crippen molar-refractivity contribution in [3.05, 3.63) is 29.3 Å². The molecule has 0 spiro atoms. The molecular weight excluding hydrogens is 254 g/mol. The van der Waals surface area contributed by atoms with Gasteiger partial charge >= 0.3 is 0 Å². The number of carbonyl (C=O) groups excluding carboxylic acids is 1. The van der Waals surface area contributed by atoms with Crippen LogP contribution in [0, 0.1) is 12.8 Å². The third kappa shape index (κ3) is 3.31. The van der Waals surface area contributed by atoms with Crippen molar-refractivity contribution in [2.75, 3.05) is 6.61 Å². The first kappa shape index (κ1) is 14.9. The molecule has 1 aliphatic heterocycles. The Balaban J connectivity index is 2.15. The van der Waals surface area contributed by atoms with Crippen LogP contribution in [0.1, 0.15) is 43.9 Å². The lowest BCUT2D eigenvalue weighted by Crippen LogP contribution is -2.39. The lowest BCUT2D eigenvalue weighted by Gasteiger charge is -2.22. The van der Waals surface area contributed by atoms with Crippen LogP contribution < -0.4 is 10.1 Å².